The fourth-order valence-electron chi connectivity index (χ4n) is 2.51. The van der Waals surface area contributed by atoms with Gasteiger partial charge >= 0.3 is 12.1 Å². The van der Waals surface area contributed by atoms with Crippen LogP contribution in [0.2, 0.25) is 0 Å². The maximum Gasteiger partial charge on any atom is 0.408 e. The highest BCUT2D eigenvalue weighted by Crippen LogP contribution is 2.20. The fourth-order valence-corrected chi connectivity index (χ4v) is 2.51. The number of amides is 1. The molecule has 2 rings (SSSR count). The first kappa shape index (κ1) is 19.5. The third-order valence-electron chi connectivity index (χ3n) is 3.77. The number of carboxylic acids is 1. The quantitative estimate of drug-likeness (QED) is 0.812. The van der Waals surface area contributed by atoms with E-state index in [-0.39, 0.29) is 0 Å². The molecule has 5 nitrogen and oxygen atoms in total. The zero-order valence-corrected chi connectivity index (χ0v) is 15.4. The van der Waals surface area contributed by atoms with E-state index in [1.807, 2.05) is 54.6 Å². The summed E-state index contributed by atoms with van der Waals surface area (Å²) in [5, 5.41) is 11.7. The van der Waals surface area contributed by atoms with Gasteiger partial charge in [0.1, 0.15) is 11.6 Å². The number of hydrogen-bond acceptors (Lipinski definition) is 3. The van der Waals surface area contributed by atoms with Crippen molar-refractivity contribution in [1.29, 1.82) is 0 Å². The Labute approximate surface area is 154 Å². The summed E-state index contributed by atoms with van der Waals surface area (Å²) in [4.78, 5) is 23.2. The average molecular weight is 355 g/mol. The predicted molar refractivity (Wildman–Crippen MR) is 101 cm³/mol. The number of benzene rings is 2. The van der Waals surface area contributed by atoms with Crippen LogP contribution in [0.5, 0.6) is 0 Å². The highest BCUT2D eigenvalue weighted by Gasteiger charge is 2.23. The minimum Gasteiger partial charge on any atom is -0.480 e. The number of nitrogens with one attached hydrogen (secondary N) is 1. The van der Waals surface area contributed by atoms with Crippen molar-refractivity contribution in [3.8, 4) is 11.1 Å². The van der Waals surface area contributed by atoms with Gasteiger partial charge in [0.05, 0.1) is 0 Å². The van der Waals surface area contributed by atoms with Crippen molar-refractivity contribution in [2.75, 3.05) is 0 Å². The number of carbonyl (C=O) groups excluding carboxylic acids is 1. The van der Waals surface area contributed by atoms with Gasteiger partial charge in [0, 0.05) is 0 Å². The number of carbonyl (C=O) groups is 2. The van der Waals surface area contributed by atoms with Crippen molar-refractivity contribution in [1.82, 2.24) is 5.32 Å². The van der Waals surface area contributed by atoms with Gasteiger partial charge in [-0.25, -0.2) is 9.59 Å². The molecule has 0 aromatic heterocycles. The summed E-state index contributed by atoms with van der Waals surface area (Å²) in [5.74, 6) is -1.07. The Bertz CT molecular complexity index is 733. The number of ether oxygens (including phenoxy) is 1. The Kier molecular flexibility index (Phi) is 6.39. The van der Waals surface area contributed by atoms with Gasteiger partial charge in [0.2, 0.25) is 0 Å². The van der Waals surface area contributed by atoms with Gasteiger partial charge in [-0.1, -0.05) is 54.6 Å². The molecule has 2 aromatic carbocycles. The molecular formula is C21H25NO4. The van der Waals surface area contributed by atoms with Gasteiger partial charge in [-0.05, 0) is 50.3 Å². The molecule has 0 radical (unpaired) electrons. The van der Waals surface area contributed by atoms with Gasteiger partial charge in [-0.3, -0.25) is 0 Å². The van der Waals surface area contributed by atoms with E-state index in [1.54, 1.807) is 20.8 Å². The van der Waals surface area contributed by atoms with E-state index in [9.17, 15) is 14.7 Å². The van der Waals surface area contributed by atoms with Crippen LogP contribution in [0.4, 0.5) is 4.79 Å². The van der Waals surface area contributed by atoms with E-state index in [1.165, 1.54) is 0 Å². The first-order valence-corrected chi connectivity index (χ1v) is 8.61. The number of aryl methyl sites for hydroxylation is 1. The summed E-state index contributed by atoms with van der Waals surface area (Å²) in [6, 6.07) is 17.0. The summed E-state index contributed by atoms with van der Waals surface area (Å²) in [7, 11) is 0. The van der Waals surface area contributed by atoms with E-state index in [0.29, 0.717) is 12.8 Å². The second kappa shape index (κ2) is 8.52. The fraction of sp³-hybridized carbons (Fsp3) is 0.333. The van der Waals surface area contributed by atoms with Crippen LogP contribution in [0.25, 0.3) is 11.1 Å². The second-order valence-electron chi connectivity index (χ2n) is 7.14. The lowest BCUT2D eigenvalue weighted by Crippen LogP contribution is -2.43. The van der Waals surface area contributed by atoms with Crippen LogP contribution in [-0.4, -0.2) is 28.8 Å². The van der Waals surface area contributed by atoms with Gasteiger partial charge in [-0.2, -0.15) is 0 Å². The molecule has 0 bridgehead atoms. The van der Waals surface area contributed by atoms with Crippen LogP contribution in [0.3, 0.4) is 0 Å². The number of alkyl carbamates (subject to hydrolysis) is 1. The lowest BCUT2D eigenvalue weighted by molar-refractivity contribution is -0.139. The molecule has 0 spiro atoms. The Morgan fingerprint density at radius 2 is 1.58 bits per heavy atom. The monoisotopic (exact) mass is 355 g/mol. The minimum absolute atomic E-state index is 0.291. The van der Waals surface area contributed by atoms with E-state index in [2.05, 4.69) is 5.32 Å². The molecule has 0 unspecified atom stereocenters. The van der Waals surface area contributed by atoms with Crippen molar-refractivity contribution in [2.45, 2.75) is 45.3 Å². The van der Waals surface area contributed by atoms with E-state index in [0.717, 1.165) is 16.7 Å². The molecular weight excluding hydrogens is 330 g/mol. The number of carboxylic acid groups (broad SMARTS) is 1. The first-order valence-electron chi connectivity index (χ1n) is 8.61. The second-order valence-corrected chi connectivity index (χ2v) is 7.14. The van der Waals surface area contributed by atoms with Crippen molar-refractivity contribution >= 4 is 12.1 Å². The normalized spacial score (nSPS) is 12.3. The molecule has 0 aliphatic carbocycles. The van der Waals surface area contributed by atoms with Crippen LogP contribution < -0.4 is 5.32 Å². The maximum atomic E-state index is 11.8. The molecule has 2 aromatic rings. The van der Waals surface area contributed by atoms with Crippen LogP contribution in [0.15, 0.2) is 54.6 Å². The molecule has 1 atom stereocenters. The molecule has 0 saturated carbocycles. The van der Waals surface area contributed by atoms with Gasteiger partial charge in [-0.15, -0.1) is 0 Å². The Morgan fingerprint density at radius 3 is 2.12 bits per heavy atom. The van der Waals surface area contributed by atoms with Crippen LogP contribution in [0.1, 0.15) is 32.8 Å². The molecule has 0 aliphatic heterocycles. The molecule has 5 heteroatoms. The Balaban J connectivity index is 1.94. The zero-order valence-electron chi connectivity index (χ0n) is 15.4. The lowest BCUT2D eigenvalue weighted by atomic mass is 10.0. The van der Waals surface area contributed by atoms with E-state index in [4.69, 9.17) is 4.74 Å². The maximum absolute atomic E-state index is 11.8. The molecule has 1 amide bonds. The molecule has 2 N–H and O–H groups in total. The molecule has 138 valence electrons. The highest BCUT2D eigenvalue weighted by atomic mass is 16.6. The Morgan fingerprint density at radius 1 is 1.00 bits per heavy atom. The van der Waals surface area contributed by atoms with Gasteiger partial charge in [0.15, 0.2) is 0 Å². The first-order chi connectivity index (χ1) is 12.2. The molecule has 0 saturated heterocycles. The predicted octanol–water partition coefficient (Wildman–Crippen LogP) is 4.26. The summed E-state index contributed by atoms with van der Waals surface area (Å²) in [5.41, 5.74) is 2.59. The van der Waals surface area contributed by atoms with Crippen molar-refractivity contribution in [3.63, 3.8) is 0 Å². The minimum atomic E-state index is -1.07. The average Bonchev–Trinajstić information content (AvgIpc) is 2.58. The van der Waals surface area contributed by atoms with Crippen LogP contribution >= 0.6 is 0 Å². The summed E-state index contributed by atoms with van der Waals surface area (Å²) in [6.45, 7) is 5.20. The summed E-state index contributed by atoms with van der Waals surface area (Å²) in [6.07, 6.45) is 0.116. The van der Waals surface area contributed by atoms with E-state index < -0.39 is 23.7 Å². The standard InChI is InChI=1S/C21H25NO4/c1-21(2,3)26-20(25)22-18(19(23)24)14-11-15-9-12-17(13-10-15)16-7-5-4-6-8-16/h4-10,12-13,18H,11,14H2,1-3H3,(H,22,25)(H,23,24)/t18-/m0/s1. The van der Waals surface area contributed by atoms with E-state index >= 15 is 0 Å². The van der Waals surface area contributed by atoms with Crippen molar-refractivity contribution < 1.29 is 19.4 Å². The molecule has 0 aliphatic rings. The molecule has 0 heterocycles. The number of rotatable bonds is 6. The zero-order chi connectivity index (χ0) is 19.2. The van der Waals surface area contributed by atoms with Crippen LogP contribution in [-0.2, 0) is 16.0 Å². The number of aliphatic carboxylic acids is 1. The van der Waals surface area contributed by atoms with Crippen LogP contribution in [0, 0.1) is 0 Å². The van der Waals surface area contributed by atoms with Crippen molar-refractivity contribution in [2.24, 2.45) is 0 Å². The SMILES string of the molecule is CC(C)(C)OC(=O)N[C@@H](CCc1ccc(-c2ccccc2)cc1)C(=O)O. The van der Waals surface area contributed by atoms with Crippen molar-refractivity contribution in [3.05, 3.63) is 60.2 Å². The summed E-state index contributed by atoms with van der Waals surface area (Å²) < 4.78 is 5.12. The Hall–Kier alpha value is -2.82. The third-order valence-corrected chi connectivity index (χ3v) is 3.77. The lowest BCUT2D eigenvalue weighted by Gasteiger charge is -2.22. The van der Waals surface area contributed by atoms with Gasteiger partial charge < -0.3 is 15.2 Å². The number of hydrogen-bond donors (Lipinski definition) is 2. The molecule has 0 fully saturated rings. The summed E-state index contributed by atoms with van der Waals surface area (Å²) >= 11 is 0. The largest absolute Gasteiger partial charge is 0.480 e. The topological polar surface area (TPSA) is 75.6 Å². The molecule has 26 heavy (non-hydrogen) atoms. The third kappa shape index (κ3) is 6.24. The van der Waals surface area contributed by atoms with Gasteiger partial charge in [0.25, 0.3) is 0 Å². The highest BCUT2D eigenvalue weighted by molar-refractivity contribution is 5.80. The smallest absolute Gasteiger partial charge is 0.408 e.